The van der Waals surface area contributed by atoms with Crippen molar-refractivity contribution < 1.29 is 8.78 Å². The summed E-state index contributed by atoms with van der Waals surface area (Å²) in [4.78, 5) is 10.4. The molecule has 1 aromatic carbocycles. The van der Waals surface area contributed by atoms with E-state index in [0.29, 0.717) is 24.9 Å². The number of nitrogens with zero attached hydrogens (tertiary/aromatic N) is 3. The highest BCUT2D eigenvalue weighted by Crippen LogP contribution is 2.48. The molecule has 29 heavy (non-hydrogen) atoms. The molecule has 1 saturated heterocycles. The van der Waals surface area contributed by atoms with Crippen molar-refractivity contribution in [3.8, 4) is 0 Å². The Kier molecular flexibility index (Phi) is 6.92. The maximum Gasteiger partial charge on any atom is 0.191 e. The average molecular weight is 513 g/mol. The highest BCUT2D eigenvalue weighted by molar-refractivity contribution is 14.0. The molecule has 0 radical (unpaired) electrons. The van der Waals surface area contributed by atoms with Crippen LogP contribution in [0.25, 0.3) is 0 Å². The molecular weight excluding hydrogens is 487 g/mol. The van der Waals surface area contributed by atoms with Gasteiger partial charge in [0.15, 0.2) is 17.6 Å². The number of benzene rings is 1. The Morgan fingerprint density at radius 2 is 1.97 bits per heavy atom. The molecule has 4 rings (SSSR count). The van der Waals surface area contributed by atoms with Gasteiger partial charge in [0, 0.05) is 44.3 Å². The first-order chi connectivity index (χ1) is 13.6. The number of anilines is 1. The van der Waals surface area contributed by atoms with Gasteiger partial charge in [0.25, 0.3) is 0 Å². The number of rotatable bonds is 5. The first-order valence-electron chi connectivity index (χ1n) is 9.69. The molecule has 1 unspecified atom stereocenters. The van der Waals surface area contributed by atoms with Crippen molar-refractivity contribution in [2.24, 2.45) is 4.99 Å². The van der Waals surface area contributed by atoms with E-state index >= 15 is 0 Å². The van der Waals surface area contributed by atoms with E-state index in [1.54, 1.807) is 25.4 Å². The van der Waals surface area contributed by atoms with Gasteiger partial charge >= 0.3 is 0 Å². The third kappa shape index (κ3) is 4.79. The van der Waals surface area contributed by atoms with Crippen molar-refractivity contribution in [1.29, 1.82) is 0 Å². The van der Waals surface area contributed by atoms with E-state index in [2.05, 4.69) is 20.6 Å². The van der Waals surface area contributed by atoms with E-state index in [1.807, 2.05) is 17.0 Å². The van der Waals surface area contributed by atoms with E-state index in [9.17, 15) is 8.78 Å². The summed E-state index contributed by atoms with van der Waals surface area (Å²) in [5.74, 6) is 0.641. The molecule has 2 aliphatic rings. The van der Waals surface area contributed by atoms with Crippen LogP contribution >= 0.6 is 24.0 Å². The Morgan fingerprint density at radius 1 is 1.21 bits per heavy atom. The smallest absolute Gasteiger partial charge is 0.191 e. The molecule has 2 fully saturated rings. The van der Waals surface area contributed by atoms with Gasteiger partial charge in [0.1, 0.15) is 5.82 Å². The van der Waals surface area contributed by atoms with Crippen molar-refractivity contribution in [1.82, 2.24) is 15.6 Å². The van der Waals surface area contributed by atoms with Crippen LogP contribution in [0, 0.1) is 11.6 Å². The molecule has 156 valence electrons. The van der Waals surface area contributed by atoms with Crippen molar-refractivity contribution in [3.05, 3.63) is 59.8 Å². The van der Waals surface area contributed by atoms with Gasteiger partial charge in [0.2, 0.25) is 0 Å². The molecule has 0 bridgehead atoms. The predicted octanol–water partition coefficient (Wildman–Crippen LogP) is 3.45. The van der Waals surface area contributed by atoms with Gasteiger partial charge < -0.3 is 15.5 Å². The summed E-state index contributed by atoms with van der Waals surface area (Å²) in [5.41, 5.74) is 0.623. The molecule has 1 atom stereocenters. The van der Waals surface area contributed by atoms with Crippen LogP contribution in [-0.2, 0) is 5.41 Å². The second-order valence-corrected chi connectivity index (χ2v) is 7.57. The second-order valence-electron chi connectivity index (χ2n) is 7.57. The number of halogens is 3. The van der Waals surface area contributed by atoms with Crippen molar-refractivity contribution in [3.63, 3.8) is 0 Å². The minimum Gasteiger partial charge on any atom is -0.356 e. The Bertz CT molecular complexity index is 872. The summed E-state index contributed by atoms with van der Waals surface area (Å²) in [5, 5.41) is 6.76. The monoisotopic (exact) mass is 513 g/mol. The van der Waals surface area contributed by atoms with Crippen molar-refractivity contribution in [2.75, 3.05) is 31.6 Å². The fraction of sp³-hybridized carbons (Fsp3) is 0.429. The summed E-state index contributed by atoms with van der Waals surface area (Å²) in [6.07, 6.45) is 4.41. The number of guanidine groups is 1. The van der Waals surface area contributed by atoms with E-state index in [1.165, 1.54) is 12.1 Å². The molecule has 1 aliphatic heterocycles. The molecule has 2 N–H and O–H groups in total. The van der Waals surface area contributed by atoms with E-state index in [4.69, 9.17) is 0 Å². The molecule has 2 heterocycles. The molecule has 2 aromatic rings. The minimum absolute atomic E-state index is 0. The highest BCUT2D eigenvalue weighted by atomic mass is 127. The first kappa shape index (κ1) is 21.7. The van der Waals surface area contributed by atoms with E-state index in [0.717, 1.165) is 31.4 Å². The number of nitrogens with one attached hydrogen (secondary N) is 2. The van der Waals surface area contributed by atoms with E-state index < -0.39 is 0 Å². The van der Waals surface area contributed by atoms with Gasteiger partial charge in [0.05, 0.1) is 0 Å². The maximum atomic E-state index is 14.2. The zero-order valence-electron chi connectivity index (χ0n) is 16.4. The molecule has 1 aromatic heterocycles. The van der Waals surface area contributed by atoms with Gasteiger partial charge in [-0.3, -0.25) is 4.99 Å². The van der Waals surface area contributed by atoms with Gasteiger partial charge in [-0.05, 0) is 43.0 Å². The predicted molar refractivity (Wildman–Crippen MR) is 122 cm³/mol. The number of hydrogen-bond acceptors (Lipinski definition) is 3. The number of aliphatic imine (C=N–C) groups is 1. The Balaban J connectivity index is 0.00000240. The zero-order valence-corrected chi connectivity index (χ0v) is 18.7. The fourth-order valence-electron chi connectivity index (χ4n) is 3.90. The SMILES string of the molecule is CN=C(NCC1(c2ccccc2F)CC1)NC1CCN(c2ncccc2F)C1.I. The van der Waals surface area contributed by atoms with Gasteiger partial charge in [-0.15, -0.1) is 24.0 Å². The normalized spacial score (nSPS) is 20.2. The summed E-state index contributed by atoms with van der Waals surface area (Å²) in [6, 6.07) is 10.2. The molecule has 1 saturated carbocycles. The van der Waals surface area contributed by atoms with Crippen LogP contribution in [0.5, 0.6) is 0 Å². The second kappa shape index (κ2) is 9.23. The molecule has 1 aliphatic carbocycles. The van der Waals surface area contributed by atoms with Crippen LogP contribution in [0.2, 0.25) is 0 Å². The van der Waals surface area contributed by atoms with Crippen LogP contribution < -0.4 is 15.5 Å². The number of aromatic nitrogens is 1. The largest absolute Gasteiger partial charge is 0.356 e. The third-order valence-corrected chi connectivity index (χ3v) is 5.68. The lowest BCUT2D eigenvalue weighted by Crippen LogP contribution is -2.46. The average Bonchev–Trinajstić information content (AvgIpc) is 3.35. The van der Waals surface area contributed by atoms with Crippen LogP contribution in [0.3, 0.4) is 0 Å². The van der Waals surface area contributed by atoms with Crippen LogP contribution in [-0.4, -0.2) is 43.7 Å². The van der Waals surface area contributed by atoms with Crippen LogP contribution in [0.1, 0.15) is 24.8 Å². The third-order valence-electron chi connectivity index (χ3n) is 5.68. The molecule has 8 heteroatoms. The van der Waals surface area contributed by atoms with Gasteiger partial charge in [-0.1, -0.05) is 18.2 Å². The summed E-state index contributed by atoms with van der Waals surface area (Å²) >= 11 is 0. The lowest BCUT2D eigenvalue weighted by molar-refractivity contribution is 0.555. The van der Waals surface area contributed by atoms with Crippen molar-refractivity contribution in [2.45, 2.75) is 30.7 Å². The van der Waals surface area contributed by atoms with Crippen molar-refractivity contribution >= 4 is 35.8 Å². The number of hydrogen-bond donors (Lipinski definition) is 2. The summed E-state index contributed by atoms with van der Waals surface area (Å²) in [7, 11) is 1.73. The standard InChI is InChI=1S/C21H25F2N5.HI/c1-24-20(26-14-21(9-10-21)16-5-2-3-6-17(16)22)27-15-8-12-28(13-15)19-18(23)7-4-11-25-19;/h2-7,11,15H,8-10,12-14H2,1H3,(H2,24,26,27);1H. The summed E-state index contributed by atoms with van der Waals surface area (Å²) in [6.45, 7) is 2.04. The highest BCUT2D eigenvalue weighted by Gasteiger charge is 2.45. The quantitative estimate of drug-likeness (QED) is 0.366. The Hall–Kier alpha value is -1.97. The lowest BCUT2D eigenvalue weighted by atomic mass is 9.95. The molecular formula is C21H26F2IN5. The summed E-state index contributed by atoms with van der Waals surface area (Å²) < 4.78 is 28.1. The number of pyridine rings is 1. The zero-order chi connectivity index (χ0) is 19.6. The fourth-order valence-corrected chi connectivity index (χ4v) is 3.90. The minimum atomic E-state index is -0.300. The van der Waals surface area contributed by atoms with Crippen LogP contribution in [0.15, 0.2) is 47.6 Å². The Labute approximate surface area is 187 Å². The van der Waals surface area contributed by atoms with Crippen LogP contribution in [0.4, 0.5) is 14.6 Å². The first-order valence-corrected chi connectivity index (χ1v) is 9.69. The topological polar surface area (TPSA) is 52.6 Å². The lowest BCUT2D eigenvalue weighted by Gasteiger charge is -2.22. The van der Waals surface area contributed by atoms with Gasteiger partial charge in [-0.25, -0.2) is 13.8 Å². The van der Waals surface area contributed by atoms with Gasteiger partial charge in [-0.2, -0.15) is 0 Å². The van der Waals surface area contributed by atoms with E-state index in [-0.39, 0.29) is 47.1 Å². The maximum absolute atomic E-state index is 14.2. The molecule has 5 nitrogen and oxygen atoms in total. The molecule has 0 amide bonds. The molecule has 0 spiro atoms. The Morgan fingerprint density at radius 3 is 2.66 bits per heavy atom.